The number of hydrogen-bond donors (Lipinski definition) is 13. The Morgan fingerprint density at radius 1 is 0.456 bits per heavy atom. The van der Waals surface area contributed by atoms with Gasteiger partial charge in [-0.2, -0.15) is 0 Å². The van der Waals surface area contributed by atoms with E-state index in [1.807, 2.05) is 0 Å². The van der Waals surface area contributed by atoms with E-state index in [1.54, 1.807) is 0 Å². The summed E-state index contributed by atoms with van der Waals surface area (Å²) in [4.78, 5) is 65.2. The molecule has 0 heterocycles. The highest BCUT2D eigenvalue weighted by Crippen LogP contribution is 2.42. The average Bonchev–Trinajstić information content (AvgIpc) is 3.13. The van der Waals surface area contributed by atoms with Crippen LogP contribution in [0.3, 0.4) is 0 Å². The molecule has 4 atom stereocenters. The molecule has 0 unspecified atom stereocenters. The third-order valence-electron chi connectivity index (χ3n) is 8.38. The van der Waals surface area contributed by atoms with Crippen molar-refractivity contribution >= 4 is 29.8 Å². The summed E-state index contributed by atoms with van der Waals surface area (Å²) in [6.07, 6.45) is -8.63. The SMILES string of the molecule is O=C(Oc1cc(C(=O)O[C@@H]2C[C@](O)(C(=O)O)C[C@@H](OC(=O)c3cc(O)c(O)c(O)c3)[C@H]2OC(=O)c2cc(O)c(O)c(O)c2)cc(O)c1O)c1cc(O)c(O)c(O)c1. The van der Waals surface area contributed by atoms with Crippen LogP contribution in [0.5, 0.6) is 69.0 Å². The minimum Gasteiger partial charge on any atom is -0.504 e. The van der Waals surface area contributed by atoms with E-state index in [0.717, 1.165) is 0 Å². The maximum atomic E-state index is 13.6. The number of carboxylic acid groups (broad SMARTS) is 1. The molecular formula is C35H28O22. The van der Waals surface area contributed by atoms with Gasteiger partial charge in [-0.25, -0.2) is 24.0 Å². The van der Waals surface area contributed by atoms with E-state index in [9.17, 15) is 90.4 Å². The quantitative estimate of drug-likeness (QED) is 0.0490. The van der Waals surface area contributed by atoms with Crippen LogP contribution in [0.1, 0.15) is 54.3 Å². The van der Waals surface area contributed by atoms with Crippen LogP contribution in [-0.2, 0) is 19.0 Å². The molecule has 0 amide bonds. The van der Waals surface area contributed by atoms with Crippen molar-refractivity contribution in [2.75, 3.05) is 0 Å². The Labute approximate surface area is 315 Å². The fraction of sp³-hybridized carbons (Fsp3) is 0.171. The molecule has 0 saturated heterocycles. The van der Waals surface area contributed by atoms with E-state index in [2.05, 4.69) is 0 Å². The Balaban J connectivity index is 1.53. The predicted octanol–water partition coefficient (Wildman–Crippen LogP) is 1.25. The minimum atomic E-state index is -2.95. The first kappa shape index (κ1) is 40.2. The van der Waals surface area contributed by atoms with E-state index in [1.165, 1.54) is 0 Å². The standard InChI is InChI=1S/C35H28O22/c36-15-1-11(2-16(37)25(15)43)30(47)54-22-8-14(7-21(42)28(22)46)32(49)56-24-10-35(53,34(51)52)9-23(55-31(48)12-3-17(38)26(44)18(39)4-12)29(24)57-33(50)13-5-19(40)27(45)20(41)6-13/h1-8,23-24,29,36-46,53H,9-10H2,(H,51,52)/t23-,24-,29-,35+/m1/s1. The Morgan fingerprint density at radius 3 is 1.11 bits per heavy atom. The number of hydrogen-bond acceptors (Lipinski definition) is 21. The van der Waals surface area contributed by atoms with Crippen LogP contribution in [0.2, 0.25) is 0 Å². The molecule has 4 aromatic carbocycles. The smallest absolute Gasteiger partial charge is 0.343 e. The van der Waals surface area contributed by atoms with Crippen molar-refractivity contribution in [3.05, 3.63) is 70.8 Å². The summed E-state index contributed by atoms with van der Waals surface area (Å²) in [6, 6.07) is 4.91. The van der Waals surface area contributed by atoms with Crippen LogP contribution in [0.25, 0.3) is 0 Å². The summed E-state index contributed by atoms with van der Waals surface area (Å²) in [5.74, 6) is -20.3. The second-order valence-corrected chi connectivity index (χ2v) is 12.3. The number of phenols is 11. The van der Waals surface area contributed by atoms with Crippen molar-refractivity contribution in [1.82, 2.24) is 0 Å². The van der Waals surface area contributed by atoms with E-state index >= 15 is 0 Å². The van der Waals surface area contributed by atoms with Gasteiger partial charge in [-0.15, -0.1) is 0 Å². The first-order chi connectivity index (χ1) is 26.6. The van der Waals surface area contributed by atoms with Crippen LogP contribution >= 0.6 is 0 Å². The molecule has 4 aromatic rings. The highest BCUT2D eigenvalue weighted by molar-refractivity contribution is 5.95. The molecule has 0 bridgehead atoms. The summed E-state index contributed by atoms with van der Waals surface area (Å²) >= 11 is 0. The van der Waals surface area contributed by atoms with Gasteiger partial charge in [-0.3, -0.25) is 0 Å². The number of ether oxygens (including phenoxy) is 4. The molecular weight excluding hydrogens is 772 g/mol. The lowest BCUT2D eigenvalue weighted by molar-refractivity contribution is -0.188. The first-order valence-electron chi connectivity index (χ1n) is 15.7. The number of carbonyl (C=O) groups is 5. The van der Waals surface area contributed by atoms with Gasteiger partial charge in [0, 0.05) is 12.8 Å². The Morgan fingerprint density at radius 2 is 0.754 bits per heavy atom. The summed E-state index contributed by atoms with van der Waals surface area (Å²) in [6.45, 7) is 0. The molecule has 0 aliphatic heterocycles. The lowest BCUT2D eigenvalue weighted by Crippen LogP contribution is -2.59. The van der Waals surface area contributed by atoms with Crippen molar-refractivity contribution in [3.8, 4) is 69.0 Å². The zero-order valence-electron chi connectivity index (χ0n) is 28.3. The molecule has 0 radical (unpaired) electrons. The lowest BCUT2D eigenvalue weighted by Gasteiger charge is -2.42. The molecule has 0 aromatic heterocycles. The van der Waals surface area contributed by atoms with Crippen molar-refractivity contribution < 1.29 is 109 Å². The maximum absolute atomic E-state index is 13.6. The number of rotatable bonds is 9. The Hall–Kier alpha value is -8.01. The van der Waals surface area contributed by atoms with E-state index < -0.39 is 158 Å². The summed E-state index contributed by atoms with van der Waals surface area (Å²) < 4.78 is 21.1. The van der Waals surface area contributed by atoms with Gasteiger partial charge in [0.1, 0.15) is 12.2 Å². The number of aliphatic carboxylic acids is 1. The molecule has 13 N–H and O–H groups in total. The molecule has 57 heavy (non-hydrogen) atoms. The van der Waals surface area contributed by atoms with Gasteiger partial charge in [-0.05, 0) is 48.5 Å². The van der Waals surface area contributed by atoms with Gasteiger partial charge in [0.15, 0.2) is 74.9 Å². The van der Waals surface area contributed by atoms with Crippen LogP contribution in [0, 0.1) is 0 Å². The monoisotopic (exact) mass is 800 g/mol. The maximum Gasteiger partial charge on any atom is 0.343 e. The Bertz CT molecular complexity index is 2260. The number of phenolic OH excluding ortho intramolecular Hbond substituents is 11. The van der Waals surface area contributed by atoms with Crippen LogP contribution in [-0.4, -0.2) is 120 Å². The van der Waals surface area contributed by atoms with Crippen molar-refractivity contribution in [2.45, 2.75) is 36.8 Å². The highest BCUT2D eigenvalue weighted by atomic mass is 16.6. The largest absolute Gasteiger partial charge is 0.504 e. The molecule has 300 valence electrons. The van der Waals surface area contributed by atoms with Gasteiger partial charge in [0.05, 0.1) is 22.3 Å². The highest BCUT2D eigenvalue weighted by Gasteiger charge is 2.55. The molecule has 1 aliphatic rings. The summed E-state index contributed by atoms with van der Waals surface area (Å²) in [7, 11) is 0. The zero-order chi connectivity index (χ0) is 42.3. The van der Waals surface area contributed by atoms with E-state index in [4.69, 9.17) is 18.9 Å². The molecule has 1 fully saturated rings. The topological polar surface area (TPSA) is 385 Å². The predicted molar refractivity (Wildman–Crippen MR) is 178 cm³/mol. The number of aromatic hydroxyl groups is 11. The third-order valence-corrected chi connectivity index (χ3v) is 8.38. The normalized spacial score (nSPS) is 18.9. The first-order valence-corrected chi connectivity index (χ1v) is 15.7. The van der Waals surface area contributed by atoms with Crippen LogP contribution < -0.4 is 4.74 Å². The average molecular weight is 801 g/mol. The van der Waals surface area contributed by atoms with Gasteiger partial charge < -0.3 is 85.3 Å². The molecule has 1 aliphatic carbocycles. The molecule has 0 spiro atoms. The summed E-state index contributed by atoms with van der Waals surface area (Å²) in [5.41, 5.74) is -5.71. The number of esters is 4. The number of carboxylic acids is 1. The second-order valence-electron chi connectivity index (χ2n) is 12.3. The van der Waals surface area contributed by atoms with Crippen LogP contribution in [0.15, 0.2) is 48.5 Å². The second kappa shape index (κ2) is 15.0. The Kier molecular flexibility index (Phi) is 10.6. The van der Waals surface area contributed by atoms with Gasteiger partial charge >= 0.3 is 29.8 Å². The third kappa shape index (κ3) is 8.09. The molecule has 1 saturated carbocycles. The molecule has 5 rings (SSSR count). The zero-order valence-corrected chi connectivity index (χ0v) is 28.3. The van der Waals surface area contributed by atoms with Crippen LogP contribution in [0.4, 0.5) is 0 Å². The number of carbonyl (C=O) groups excluding carboxylic acids is 4. The van der Waals surface area contributed by atoms with E-state index in [0.29, 0.717) is 48.5 Å². The van der Waals surface area contributed by atoms with Crippen molar-refractivity contribution in [2.24, 2.45) is 0 Å². The number of aliphatic hydroxyl groups is 1. The van der Waals surface area contributed by atoms with Gasteiger partial charge in [0.25, 0.3) is 0 Å². The fourth-order valence-electron chi connectivity index (χ4n) is 5.48. The molecule has 22 nitrogen and oxygen atoms in total. The van der Waals surface area contributed by atoms with E-state index in [-0.39, 0.29) is 0 Å². The van der Waals surface area contributed by atoms with Crippen molar-refractivity contribution in [3.63, 3.8) is 0 Å². The van der Waals surface area contributed by atoms with Gasteiger partial charge in [0.2, 0.25) is 5.75 Å². The number of benzene rings is 4. The summed E-state index contributed by atoms with van der Waals surface area (Å²) in [5, 5.41) is 130. The minimum absolute atomic E-state index is 0.559. The molecule has 22 heteroatoms. The van der Waals surface area contributed by atoms with Gasteiger partial charge in [-0.1, -0.05) is 0 Å². The van der Waals surface area contributed by atoms with Crippen molar-refractivity contribution in [1.29, 1.82) is 0 Å². The lowest BCUT2D eigenvalue weighted by atomic mass is 9.79. The fourth-order valence-corrected chi connectivity index (χ4v) is 5.48.